The lowest BCUT2D eigenvalue weighted by Gasteiger charge is -2.39. The van der Waals surface area contributed by atoms with Crippen LogP contribution in [0.3, 0.4) is 0 Å². The fourth-order valence-electron chi connectivity index (χ4n) is 1.85. The third-order valence-electron chi connectivity index (χ3n) is 4.10. The molecule has 4 nitrogen and oxygen atoms in total. The van der Waals surface area contributed by atoms with Crippen LogP contribution in [0.1, 0.15) is 61.0 Å². The smallest absolute Gasteiger partial charge is 0.320 e. The van der Waals surface area contributed by atoms with Crippen molar-refractivity contribution in [2.45, 2.75) is 73.1 Å². The minimum absolute atomic E-state index is 0.0258. The summed E-state index contributed by atoms with van der Waals surface area (Å²) < 4.78 is 11.5. The number of carbonyl (C=O) groups is 1. The molecule has 0 aliphatic carbocycles. The van der Waals surface area contributed by atoms with Crippen molar-refractivity contribution in [3.8, 4) is 5.75 Å². The number of benzene rings is 1. The van der Waals surface area contributed by atoms with Crippen molar-refractivity contribution >= 4 is 5.97 Å². The van der Waals surface area contributed by atoms with E-state index in [2.05, 4.69) is 39.9 Å². The first-order valence-electron chi connectivity index (χ1n) is 8.51. The first-order valence-corrected chi connectivity index (χ1v) is 8.51. The molecule has 0 fully saturated rings. The summed E-state index contributed by atoms with van der Waals surface area (Å²) in [5, 5.41) is 3.11. The van der Waals surface area contributed by atoms with Gasteiger partial charge < -0.3 is 14.8 Å². The highest BCUT2D eigenvalue weighted by molar-refractivity contribution is 5.72. The highest BCUT2D eigenvalue weighted by atomic mass is 16.6. The first-order chi connectivity index (χ1) is 10.8. The van der Waals surface area contributed by atoms with Gasteiger partial charge in [-0.3, -0.25) is 4.79 Å². The topological polar surface area (TPSA) is 47.6 Å². The molecule has 0 aliphatic rings. The molecule has 24 heavy (non-hydrogen) atoms. The highest BCUT2D eigenvalue weighted by Gasteiger charge is 2.34. The average Bonchev–Trinajstić information content (AvgIpc) is 2.35. The fraction of sp³-hybridized carbons (Fsp3) is 0.650. The molecule has 0 unspecified atom stereocenters. The second-order valence-corrected chi connectivity index (χ2v) is 8.70. The lowest BCUT2D eigenvalue weighted by atomic mass is 9.79. The van der Waals surface area contributed by atoms with Gasteiger partial charge in [0.2, 0.25) is 0 Å². The molecule has 0 aliphatic heterocycles. The summed E-state index contributed by atoms with van der Waals surface area (Å²) in [6.45, 7) is 17.1. The molecule has 0 bridgehead atoms. The lowest BCUT2D eigenvalue weighted by molar-refractivity contribution is -0.153. The van der Waals surface area contributed by atoms with Crippen molar-refractivity contribution in [3.05, 3.63) is 29.8 Å². The van der Waals surface area contributed by atoms with E-state index in [1.807, 2.05) is 45.0 Å². The molecular weight excluding hydrogens is 302 g/mol. The molecule has 0 saturated carbocycles. The second-order valence-electron chi connectivity index (χ2n) is 8.70. The maximum absolute atomic E-state index is 11.7. The molecule has 0 atom stereocenters. The monoisotopic (exact) mass is 335 g/mol. The Balaban J connectivity index is 2.59. The molecule has 1 aromatic rings. The molecule has 1 aromatic carbocycles. The number of esters is 1. The van der Waals surface area contributed by atoms with E-state index < -0.39 is 5.60 Å². The first kappa shape index (κ1) is 20.5. The Bertz CT molecular complexity index is 551. The largest absolute Gasteiger partial charge is 0.487 e. The van der Waals surface area contributed by atoms with Crippen LogP contribution >= 0.6 is 0 Å². The predicted octanol–water partition coefficient (Wildman–Crippen LogP) is 4.32. The fourth-order valence-corrected chi connectivity index (χ4v) is 1.85. The molecule has 0 radical (unpaired) electrons. The van der Waals surface area contributed by atoms with E-state index in [1.165, 1.54) is 0 Å². The zero-order valence-corrected chi connectivity index (χ0v) is 16.4. The van der Waals surface area contributed by atoms with Gasteiger partial charge in [0.1, 0.15) is 17.0 Å². The quantitative estimate of drug-likeness (QED) is 0.787. The van der Waals surface area contributed by atoms with Crippen LogP contribution in [0.4, 0.5) is 0 Å². The van der Waals surface area contributed by atoms with Gasteiger partial charge in [-0.25, -0.2) is 0 Å². The average molecular weight is 335 g/mol. The van der Waals surface area contributed by atoms with Gasteiger partial charge in [0.05, 0.1) is 6.54 Å². The van der Waals surface area contributed by atoms with Crippen molar-refractivity contribution in [2.24, 2.45) is 5.41 Å². The van der Waals surface area contributed by atoms with Crippen LogP contribution in [0.15, 0.2) is 24.3 Å². The molecule has 1 N–H and O–H groups in total. The van der Waals surface area contributed by atoms with Gasteiger partial charge in [-0.15, -0.1) is 0 Å². The van der Waals surface area contributed by atoms with Crippen molar-refractivity contribution in [1.82, 2.24) is 5.32 Å². The van der Waals surface area contributed by atoms with E-state index in [4.69, 9.17) is 9.47 Å². The summed E-state index contributed by atoms with van der Waals surface area (Å²) >= 11 is 0. The molecule has 0 aromatic heterocycles. The van der Waals surface area contributed by atoms with Gasteiger partial charge in [-0.1, -0.05) is 32.9 Å². The molecule has 1 rings (SSSR count). The Kier molecular flexibility index (Phi) is 6.45. The van der Waals surface area contributed by atoms with Gasteiger partial charge in [-0.2, -0.15) is 0 Å². The predicted molar refractivity (Wildman–Crippen MR) is 98.2 cm³/mol. The van der Waals surface area contributed by atoms with Crippen LogP contribution in [-0.4, -0.2) is 23.7 Å². The molecular formula is C20H33NO3. The van der Waals surface area contributed by atoms with Gasteiger partial charge in [0.25, 0.3) is 0 Å². The number of rotatable bonds is 6. The summed E-state index contributed by atoms with van der Waals surface area (Å²) in [6.07, 6.45) is 0. The number of nitrogens with one attached hydrogen (secondary N) is 1. The van der Waals surface area contributed by atoms with E-state index in [1.54, 1.807) is 0 Å². The number of carbonyl (C=O) groups excluding carboxylic acids is 1. The molecule has 0 spiro atoms. The second kappa shape index (κ2) is 7.56. The van der Waals surface area contributed by atoms with Gasteiger partial charge >= 0.3 is 5.97 Å². The van der Waals surface area contributed by atoms with Crippen molar-refractivity contribution < 1.29 is 14.3 Å². The van der Waals surface area contributed by atoms with Crippen LogP contribution < -0.4 is 10.1 Å². The third-order valence-corrected chi connectivity index (χ3v) is 4.10. The van der Waals surface area contributed by atoms with E-state index in [-0.39, 0.29) is 23.5 Å². The van der Waals surface area contributed by atoms with Crippen LogP contribution in [0, 0.1) is 5.41 Å². The van der Waals surface area contributed by atoms with Crippen LogP contribution in [-0.2, 0) is 16.1 Å². The van der Waals surface area contributed by atoms with Gasteiger partial charge in [0.15, 0.2) is 0 Å². The van der Waals surface area contributed by atoms with E-state index >= 15 is 0 Å². The molecule has 0 heterocycles. The Morgan fingerprint density at radius 2 is 1.67 bits per heavy atom. The molecule has 0 amide bonds. The maximum atomic E-state index is 11.7. The van der Waals surface area contributed by atoms with Crippen molar-refractivity contribution in [1.29, 1.82) is 0 Å². The minimum Gasteiger partial charge on any atom is -0.487 e. The van der Waals surface area contributed by atoms with Crippen LogP contribution in [0.25, 0.3) is 0 Å². The number of ether oxygens (including phenoxy) is 2. The third kappa shape index (κ3) is 6.91. The molecule has 0 saturated heterocycles. The Morgan fingerprint density at radius 3 is 2.21 bits per heavy atom. The maximum Gasteiger partial charge on any atom is 0.320 e. The normalized spacial score (nSPS) is 12.8. The zero-order chi connectivity index (χ0) is 18.6. The lowest BCUT2D eigenvalue weighted by Crippen LogP contribution is -2.42. The van der Waals surface area contributed by atoms with Gasteiger partial charge in [-0.05, 0) is 52.3 Å². The van der Waals surface area contributed by atoms with Gasteiger partial charge in [0, 0.05) is 12.0 Å². The zero-order valence-electron chi connectivity index (χ0n) is 16.4. The van der Waals surface area contributed by atoms with Crippen molar-refractivity contribution in [2.75, 3.05) is 6.54 Å². The summed E-state index contributed by atoms with van der Waals surface area (Å²) in [5.41, 5.74) is 0.360. The summed E-state index contributed by atoms with van der Waals surface area (Å²) in [4.78, 5) is 11.7. The summed E-state index contributed by atoms with van der Waals surface area (Å²) in [7, 11) is 0. The molecule has 136 valence electrons. The van der Waals surface area contributed by atoms with E-state index in [0.29, 0.717) is 6.54 Å². The summed E-state index contributed by atoms with van der Waals surface area (Å²) in [6, 6.07) is 7.96. The standard InChI is InChI=1S/C20H33NO3/c1-18(2,3)20(7,8)23-16-11-9-10-15(12-16)13-21-14-17(22)24-19(4,5)6/h9-12,21H,13-14H2,1-8H3. The van der Waals surface area contributed by atoms with E-state index in [9.17, 15) is 4.79 Å². The molecule has 4 heteroatoms. The van der Waals surface area contributed by atoms with Crippen LogP contribution in [0.5, 0.6) is 5.75 Å². The van der Waals surface area contributed by atoms with Crippen molar-refractivity contribution in [3.63, 3.8) is 0 Å². The van der Waals surface area contributed by atoms with Crippen LogP contribution in [0.2, 0.25) is 0 Å². The Morgan fingerprint density at radius 1 is 1.04 bits per heavy atom. The summed E-state index contributed by atoms with van der Waals surface area (Å²) in [5.74, 6) is 0.593. The highest BCUT2D eigenvalue weighted by Crippen LogP contribution is 2.34. The Hall–Kier alpha value is -1.55. The Labute approximate surface area is 146 Å². The van der Waals surface area contributed by atoms with E-state index in [0.717, 1.165) is 11.3 Å². The minimum atomic E-state index is -0.453. The SMILES string of the molecule is CC(C)(C)OC(=O)CNCc1cccc(OC(C)(C)C(C)(C)C)c1. The number of hydrogen-bond donors (Lipinski definition) is 1. The number of hydrogen-bond acceptors (Lipinski definition) is 4.